The maximum Gasteiger partial charge on any atom is 0.350 e. The summed E-state index contributed by atoms with van der Waals surface area (Å²) >= 11 is 0. The predicted molar refractivity (Wildman–Crippen MR) is 93.6 cm³/mol. The zero-order valence-electron chi connectivity index (χ0n) is 14.1. The van der Waals surface area contributed by atoms with Gasteiger partial charge in [-0.05, 0) is 38.2 Å². The minimum absolute atomic E-state index is 0.102. The summed E-state index contributed by atoms with van der Waals surface area (Å²) in [5.74, 6) is 0.880. The van der Waals surface area contributed by atoms with Gasteiger partial charge >= 0.3 is 5.69 Å². The molecule has 6 nitrogen and oxygen atoms in total. The number of ether oxygens (including phenoxy) is 1. The molecular weight excluding hydrogens is 304 g/mol. The lowest BCUT2D eigenvalue weighted by atomic mass is 10.2. The zero-order chi connectivity index (χ0) is 16.9. The Balaban J connectivity index is 1.48. The molecule has 0 radical (unpaired) electrons. The molecule has 0 aliphatic rings. The number of aryl methyl sites for hydroxylation is 1. The maximum absolute atomic E-state index is 12.2. The van der Waals surface area contributed by atoms with Crippen LogP contribution in [0.15, 0.2) is 53.5 Å². The summed E-state index contributed by atoms with van der Waals surface area (Å²) in [6, 6.07) is 13.6. The minimum atomic E-state index is -0.102. The Hall–Kier alpha value is -2.60. The molecule has 2 heterocycles. The van der Waals surface area contributed by atoms with Crippen molar-refractivity contribution in [3.8, 4) is 5.75 Å². The van der Waals surface area contributed by atoms with Crippen molar-refractivity contribution in [2.24, 2.45) is 0 Å². The lowest BCUT2D eigenvalue weighted by Gasteiger charge is -2.16. The summed E-state index contributed by atoms with van der Waals surface area (Å²) in [4.78, 5) is 14.3. The first-order chi connectivity index (χ1) is 11.6. The number of hydrogen-bond donors (Lipinski definition) is 0. The van der Waals surface area contributed by atoms with Gasteiger partial charge in [-0.2, -0.15) is 0 Å². The summed E-state index contributed by atoms with van der Waals surface area (Å²) in [7, 11) is 2.01. The van der Waals surface area contributed by atoms with E-state index in [1.54, 1.807) is 10.6 Å². The van der Waals surface area contributed by atoms with Gasteiger partial charge in [0.2, 0.25) is 0 Å². The van der Waals surface area contributed by atoms with Crippen molar-refractivity contribution in [3.63, 3.8) is 0 Å². The maximum atomic E-state index is 12.2. The Morgan fingerprint density at radius 3 is 2.67 bits per heavy atom. The van der Waals surface area contributed by atoms with Gasteiger partial charge in [0.25, 0.3) is 0 Å². The van der Waals surface area contributed by atoms with Crippen molar-refractivity contribution in [2.45, 2.75) is 13.5 Å². The highest BCUT2D eigenvalue weighted by Crippen LogP contribution is 2.11. The molecule has 1 aromatic carbocycles. The van der Waals surface area contributed by atoms with Crippen LogP contribution in [0.2, 0.25) is 0 Å². The van der Waals surface area contributed by atoms with Gasteiger partial charge in [-0.3, -0.25) is 4.40 Å². The van der Waals surface area contributed by atoms with E-state index in [4.69, 9.17) is 4.74 Å². The fourth-order valence-electron chi connectivity index (χ4n) is 2.44. The van der Waals surface area contributed by atoms with Crippen molar-refractivity contribution < 1.29 is 4.74 Å². The van der Waals surface area contributed by atoms with Gasteiger partial charge in [0, 0.05) is 19.3 Å². The predicted octanol–water partition coefficient (Wildman–Crippen LogP) is 1.82. The molecule has 0 aliphatic carbocycles. The van der Waals surface area contributed by atoms with Crippen LogP contribution in [0.3, 0.4) is 0 Å². The third-order valence-corrected chi connectivity index (χ3v) is 3.94. The van der Waals surface area contributed by atoms with Crippen LogP contribution >= 0.6 is 0 Å². The topological polar surface area (TPSA) is 51.8 Å². The molecule has 3 rings (SSSR count). The van der Waals surface area contributed by atoms with E-state index in [1.165, 1.54) is 10.2 Å². The molecule has 0 unspecified atom stereocenters. The first-order valence-corrected chi connectivity index (χ1v) is 8.06. The summed E-state index contributed by atoms with van der Waals surface area (Å²) in [6.07, 6.45) is 1.74. The minimum Gasteiger partial charge on any atom is -0.492 e. The van der Waals surface area contributed by atoms with E-state index in [-0.39, 0.29) is 5.69 Å². The summed E-state index contributed by atoms with van der Waals surface area (Å²) in [5.41, 5.74) is 1.79. The Bertz CT molecular complexity index is 851. The lowest BCUT2D eigenvalue weighted by molar-refractivity contribution is 0.230. The largest absolute Gasteiger partial charge is 0.492 e. The SMILES string of the molecule is Cc1ccc(OCCN(C)CCn2nc3ccccn3c2=O)cc1. The van der Waals surface area contributed by atoms with Crippen LogP contribution in [0, 0.1) is 6.92 Å². The highest BCUT2D eigenvalue weighted by atomic mass is 16.5. The number of likely N-dealkylation sites (N-methyl/N-ethyl adjacent to an activating group) is 1. The molecule has 0 saturated carbocycles. The third kappa shape index (κ3) is 3.83. The standard InChI is InChI=1S/C18H22N4O2/c1-15-6-8-16(9-7-15)24-14-13-20(2)11-12-22-18(23)21-10-4-3-5-17(21)19-22/h3-10H,11-14H2,1-2H3. The first kappa shape index (κ1) is 16.3. The number of nitrogens with zero attached hydrogens (tertiary/aromatic N) is 4. The first-order valence-electron chi connectivity index (χ1n) is 8.06. The Morgan fingerprint density at radius 1 is 1.12 bits per heavy atom. The van der Waals surface area contributed by atoms with Gasteiger partial charge < -0.3 is 9.64 Å². The summed E-state index contributed by atoms with van der Waals surface area (Å²) in [5, 5.41) is 4.33. The van der Waals surface area contributed by atoms with Gasteiger partial charge in [0.1, 0.15) is 12.4 Å². The van der Waals surface area contributed by atoms with Crippen LogP contribution < -0.4 is 10.4 Å². The highest BCUT2D eigenvalue weighted by molar-refractivity contribution is 5.35. The van der Waals surface area contributed by atoms with Crippen LogP contribution in [-0.2, 0) is 6.54 Å². The Kier molecular flexibility index (Phi) is 4.96. The second-order valence-corrected chi connectivity index (χ2v) is 5.90. The average Bonchev–Trinajstić information content (AvgIpc) is 2.91. The van der Waals surface area contributed by atoms with Crippen LogP contribution in [-0.4, -0.2) is 45.8 Å². The summed E-state index contributed by atoms with van der Waals surface area (Å²) < 4.78 is 8.79. The lowest BCUT2D eigenvalue weighted by Crippen LogP contribution is -2.31. The van der Waals surface area contributed by atoms with E-state index in [2.05, 4.69) is 16.9 Å². The number of fused-ring (bicyclic) bond motifs is 1. The van der Waals surface area contributed by atoms with Crippen molar-refractivity contribution in [2.75, 3.05) is 26.7 Å². The van der Waals surface area contributed by atoms with E-state index in [0.29, 0.717) is 18.8 Å². The monoisotopic (exact) mass is 326 g/mol. The van der Waals surface area contributed by atoms with Crippen molar-refractivity contribution >= 4 is 5.65 Å². The Labute approximate surface area is 140 Å². The van der Waals surface area contributed by atoms with E-state index in [9.17, 15) is 4.79 Å². The molecule has 2 aromatic heterocycles. The van der Waals surface area contributed by atoms with Crippen LogP contribution in [0.25, 0.3) is 5.65 Å². The van der Waals surface area contributed by atoms with Crippen molar-refractivity contribution in [3.05, 3.63) is 64.7 Å². The molecular formula is C18H22N4O2. The van der Waals surface area contributed by atoms with Gasteiger partial charge in [-0.15, -0.1) is 5.10 Å². The number of pyridine rings is 1. The third-order valence-electron chi connectivity index (χ3n) is 3.94. The molecule has 24 heavy (non-hydrogen) atoms. The Morgan fingerprint density at radius 2 is 1.92 bits per heavy atom. The molecule has 0 aliphatic heterocycles. The molecule has 126 valence electrons. The molecule has 0 N–H and O–H groups in total. The normalized spacial score (nSPS) is 11.3. The van der Waals surface area contributed by atoms with Crippen LogP contribution in [0.5, 0.6) is 5.75 Å². The van der Waals surface area contributed by atoms with E-state index in [1.807, 2.05) is 49.5 Å². The molecule has 3 aromatic rings. The molecule has 0 spiro atoms. The zero-order valence-corrected chi connectivity index (χ0v) is 14.1. The van der Waals surface area contributed by atoms with Gasteiger partial charge in [-0.25, -0.2) is 9.48 Å². The van der Waals surface area contributed by atoms with Gasteiger partial charge in [-0.1, -0.05) is 23.8 Å². The van der Waals surface area contributed by atoms with Gasteiger partial charge in [0.05, 0.1) is 6.54 Å². The number of benzene rings is 1. The van der Waals surface area contributed by atoms with E-state index < -0.39 is 0 Å². The fraction of sp³-hybridized carbons (Fsp3) is 0.333. The van der Waals surface area contributed by atoms with Gasteiger partial charge in [0.15, 0.2) is 5.65 Å². The molecule has 0 atom stereocenters. The second kappa shape index (κ2) is 7.31. The number of hydrogen-bond acceptors (Lipinski definition) is 4. The van der Waals surface area contributed by atoms with E-state index in [0.717, 1.165) is 18.8 Å². The molecule has 0 bridgehead atoms. The van der Waals surface area contributed by atoms with Crippen molar-refractivity contribution in [1.29, 1.82) is 0 Å². The number of rotatable bonds is 7. The fourth-order valence-corrected chi connectivity index (χ4v) is 2.44. The molecule has 0 saturated heterocycles. The average molecular weight is 326 g/mol. The number of aromatic nitrogens is 3. The van der Waals surface area contributed by atoms with Crippen LogP contribution in [0.4, 0.5) is 0 Å². The van der Waals surface area contributed by atoms with E-state index >= 15 is 0 Å². The van der Waals surface area contributed by atoms with Crippen LogP contribution in [0.1, 0.15) is 5.56 Å². The second-order valence-electron chi connectivity index (χ2n) is 5.90. The molecule has 0 amide bonds. The smallest absolute Gasteiger partial charge is 0.350 e. The van der Waals surface area contributed by atoms with Crippen molar-refractivity contribution in [1.82, 2.24) is 19.1 Å². The molecule has 0 fully saturated rings. The highest BCUT2D eigenvalue weighted by Gasteiger charge is 2.07. The molecule has 6 heteroatoms. The quantitative estimate of drug-likeness (QED) is 0.664. The summed E-state index contributed by atoms with van der Waals surface area (Å²) in [6.45, 7) is 4.75.